The van der Waals surface area contributed by atoms with Crippen LogP contribution in [0.5, 0.6) is 0 Å². The Kier molecular flexibility index (Phi) is 5.53. The van der Waals surface area contributed by atoms with Gasteiger partial charge in [0.15, 0.2) is 0 Å². The normalized spacial score (nSPS) is 11.9. The third kappa shape index (κ3) is 5.58. The van der Waals surface area contributed by atoms with Crippen LogP contribution in [0.2, 0.25) is 0 Å². The fourth-order valence-corrected chi connectivity index (χ4v) is 1.79. The molecule has 0 fully saturated rings. The van der Waals surface area contributed by atoms with Crippen LogP contribution in [0.4, 0.5) is 0 Å². The van der Waals surface area contributed by atoms with Crippen LogP contribution in [0.15, 0.2) is 30.3 Å². The van der Waals surface area contributed by atoms with Crippen LogP contribution >= 0.6 is 0 Å². The van der Waals surface area contributed by atoms with Gasteiger partial charge in [-0.1, -0.05) is 30.3 Å². The molecule has 0 bridgehead atoms. The molecule has 0 aromatic heterocycles. The Morgan fingerprint density at radius 1 is 0.952 bits per heavy atom. The Balaban J connectivity index is 2.51. The van der Waals surface area contributed by atoms with E-state index in [4.69, 9.17) is 0 Å². The molecule has 0 radical (unpaired) electrons. The van der Waals surface area contributed by atoms with Crippen molar-refractivity contribution in [2.75, 3.05) is 6.54 Å². The molecular formula is C17H26N2O2. The van der Waals surface area contributed by atoms with Crippen molar-refractivity contribution < 1.29 is 9.59 Å². The third-order valence-corrected chi connectivity index (χ3v) is 3.17. The molecule has 0 saturated carbocycles. The summed E-state index contributed by atoms with van der Waals surface area (Å²) < 4.78 is 0. The third-order valence-electron chi connectivity index (χ3n) is 3.17. The van der Waals surface area contributed by atoms with Crippen molar-refractivity contribution in [2.24, 2.45) is 5.41 Å². The zero-order valence-electron chi connectivity index (χ0n) is 13.6. The van der Waals surface area contributed by atoms with E-state index in [1.165, 1.54) is 0 Å². The summed E-state index contributed by atoms with van der Waals surface area (Å²) in [7, 11) is 0. The standard InChI is InChI=1S/C17H26N2O2/c1-16(2,3)19-15(21)17(4,5)14(20)18-12-11-13-9-7-6-8-10-13/h6-10H,11-12H2,1-5H3,(H,18,20)(H,19,21). The summed E-state index contributed by atoms with van der Waals surface area (Å²) in [6.45, 7) is 9.50. The number of amides is 2. The largest absolute Gasteiger partial charge is 0.355 e. The molecule has 0 heterocycles. The SMILES string of the molecule is CC(C)(C)NC(=O)C(C)(C)C(=O)NCCc1ccccc1. The first-order chi connectivity index (χ1) is 9.63. The average molecular weight is 290 g/mol. The monoisotopic (exact) mass is 290 g/mol. The number of hydrogen-bond donors (Lipinski definition) is 2. The van der Waals surface area contributed by atoms with Gasteiger partial charge in [0, 0.05) is 12.1 Å². The minimum Gasteiger partial charge on any atom is -0.355 e. The van der Waals surface area contributed by atoms with E-state index in [9.17, 15) is 9.59 Å². The Hall–Kier alpha value is -1.84. The lowest BCUT2D eigenvalue weighted by Crippen LogP contribution is -2.53. The second-order valence-corrected chi connectivity index (χ2v) is 6.82. The minimum atomic E-state index is -1.08. The molecular weight excluding hydrogens is 264 g/mol. The zero-order valence-corrected chi connectivity index (χ0v) is 13.6. The van der Waals surface area contributed by atoms with Gasteiger partial charge in [-0.15, -0.1) is 0 Å². The van der Waals surface area contributed by atoms with Crippen LogP contribution in [-0.2, 0) is 16.0 Å². The van der Waals surface area contributed by atoms with E-state index in [0.717, 1.165) is 12.0 Å². The number of carbonyl (C=O) groups is 2. The first-order valence-corrected chi connectivity index (χ1v) is 7.28. The molecule has 0 aliphatic carbocycles. The van der Waals surface area contributed by atoms with E-state index >= 15 is 0 Å². The number of nitrogens with one attached hydrogen (secondary N) is 2. The van der Waals surface area contributed by atoms with E-state index in [1.807, 2.05) is 51.1 Å². The summed E-state index contributed by atoms with van der Waals surface area (Å²) >= 11 is 0. The number of carbonyl (C=O) groups excluding carboxylic acids is 2. The van der Waals surface area contributed by atoms with Gasteiger partial charge in [0.1, 0.15) is 5.41 Å². The Bertz CT molecular complexity index is 487. The van der Waals surface area contributed by atoms with E-state index in [1.54, 1.807) is 13.8 Å². The van der Waals surface area contributed by atoms with Crippen LogP contribution in [0.25, 0.3) is 0 Å². The summed E-state index contributed by atoms with van der Waals surface area (Å²) in [6, 6.07) is 9.94. The maximum absolute atomic E-state index is 12.2. The maximum atomic E-state index is 12.2. The molecule has 1 rings (SSSR count). The molecule has 0 atom stereocenters. The predicted octanol–water partition coefficient (Wildman–Crippen LogP) is 2.29. The topological polar surface area (TPSA) is 58.2 Å². The van der Waals surface area contributed by atoms with E-state index < -0.39 is 5.41 Å². The minimum absolute atomic E-state index is 0.250. The molecule has 0 aliphatic heterocycles. The highest BCUT2D eigenvalue weighted by atomic mass is 16.2. The van der Waals surface area contributed by atoms with Gasteiger partial charge in [-0.3, -0.25) is 9.59 Å². The summed E-state index contributed by atoms with van der Waals surface area (Å²) in [5, 5.41) is 5.69. The first-order valence-electron chi connectivity index (χ1n) is 7.28. The van der Waals surface area contributed by atoms with E-state index in [0.29, 0.717) is 6.54 Å². The van der Waals surface area contributed by atoms with Crippen LogP contribution in [-0.4, -0.2) is 23.9 Å². The molecule has 2 N–H and O–H groups in total. The average Bonchev–Trinajstić information content (AvgIpc) is 2.37. The molecule has 4 heteroatoms. The fourth-order valence-electron chi connectivity index (χ4n) is 1.79. The predicted molar refractivity (Wildman–Crippen MR) is 84.8 cm³/mol. The molecule has 1 aromatic rings. The van der Waals surface area contributed by atoms with Crippen LogP contribution < -0.4 is 10.6 Å². The van der Waals surface area contributed by atoms with Gasteiger partial charge in [-0.25, -0.2) is 0 Å². The Morgan fingerprint density at radius 2 is 1.52 bits per heavy atom. The van der Waals surface area contributed by atoms with Gasteiger partial charge in [0.25, 0.3) is 0 Å². The van der Waals surface area contributed by atoms with Gasteiger partial charge >= 0.3 is 0 Å². The fraction of sp³-hybridized carbons (Fsp3) is 0.529. The first kappa shape index (κ1) is 17.2. The molecule has 0 unspecified atom stereocenters. The molecule has 1 aromatic carbocycles. The lowest BCUT2D eigenvalue weighted by atomic mass is 9.89. The van der Waals surface area contributed by atoms with Crippen molar-refractivity contribution in [1.82, 2.24) is 10.6 Å². The lowest BCUT2D eigenvalue weighted by Gasteiger charge is -2.28. The second-order valence-electron chi connectivity index (χ2n) is 6.82. The summed E-state index contributed by atoms with van der Waals surface area (Å²) in [5.41, 5.74) is -0.266. The quantitative estimate of drug-likeness (QED) is 0.817. The van der Waals surface area contributed by atoms with Crippen LogP contribution in [0.3, 0.4) is 0 Å². The molecule has 21 heavy (non-hydrogen) atoms. The van der Waals surface area contributed by atoms with Crippen molar-refractivity contribution >= 4 is 11.8 Å². The molecule has 116 valence electrons. The van der Waals surface area contributed by atoms with Crippen LogP contribution in [0.1, 0.15) is 40.2 Å². The van der Waals surface area contributed by atoms with E-state index in [2.05, 4.69) is 10.6 Å². The van der Waals surface area contributed by atoms with Crippen molar-refractivity contribution in [3.05, 3.63) is 35.9 Å². The van der Waals surface area contributed by atoms with Gasteiger partial charge < -0.3 is 10.6 Å². The smallest absolute Gasteiger partial charge is 0.235 e. The number of hydrogen-bond acceptors (Lipinski definition) is 2. The summed E-state index contributed by atoms with van der Waals surface area (Å²) in [5.74, 6) is -0.507. The van der Waals surface area contributed by atoms with Crippen molar-refractivity contribution in [3.8, 4) is 0 Å². The summed E-state index contributed by atoms with van der Waals surface area (Å²) in [4.78, 5) is 24.4. The zero-order chi connectivity index (χ0) is 16.1. The molecule has 4 nitrogen and oxygen atoms in total. The van der Waals surface area contributed by atoms with E-state index in [-0.39, 0.29) is 17.4 Å². The molecule has 0 spiro atoms. The van der Waals surface area contributed by atoms with Gasteiger partial charge in [0.05, 0.1) is 0 Å². The molecule has 2 amide bonds. The van der Waals surface area contributed by atoms with Crippen molar-refractivity contribution in [2.45, 2.75) is 46.6 Å². The van der Waals surface area contributed by atoms with Crippen LogP contribution in [0, 0.1) is 5.41 Å². The van der Waals surface area contributed by atoms with Gasteiger partial charge in [-0.2, -0.15) is 0 Å². The molecule has 0 saturated heterocycles. The number of benzene rings is 1. The maximum Gasteiger partial charge on any atom is 0.235 e. The molecule has 0 aliphatic rings. The van der Waals surface area contributed by atoms with Gasteiger partial charge in [0.2, 0.25) is 11.8 Å². The second kappa shape index (κ2) is 6.74. The highest BCUT2D eigenvalue weighted by Gasteiger charge is 2.37. The Morgan fingerprint density at radius 3 is 2.05 bits per heavy atom. The summed E-state index contributed by atoms with van der Waals surface area (Å²) in [6.07, 6.45) is 0.754. The highest BCUT2D eigenvalue weighted by molar-refractivity contribution is 6.04. The lowest BCUT2D eigenvalue weighted by molar-refractivity contribution is -0.142. The van der Waals surface area contributed by atoms with Crippen molar-refractivity contribution in [1.29, 1.82) is 0 Å². The highest BCUT2D eigenvalue weighted by Crippen LogP contribution is 2.17. The van der Waals surface area contributed by atoms with Gasteiger partial charge in [-0.05, 0) is 46.6 Å². The Labute approximate surface area is 127 Å². The number of rotatable bonds is 5. The van der Waals surface area contributed by atoms with Crippen molar-refractivity contribution in [3.63, 3.8) is 0 Å².